The molecule has 1 aliphatic rings. The van der Waals surface area contributed by atoms with Crippen LogP contribution in [-0.2, 0) is 0 Å². The summed E-state index contributed by atoms with van der Waals surface area (Å²) in [5.41, 5.74) is 5.63. The first-order valence-electron chi connectivity index (χ1n) is 6.56. The minimum absolute atomic E-state index is 0.444. The first-order chi connectivity index (χ1) is 8.08. The Hall–Kier alpha value is -1.08. The average Bonchev–Trinajstić information content (AvgIpc) is 2.76. The molecule has 0 saturated carbocycles. The van der Waals surface area contributed by atoms with Crippen LogP contribution in [0.1, 0.15) is 48.1 Å². The van der Waals surface area contributed by atoms with Gasteiger partial charge in [0.2, 0.25) is 0 Å². The molecule has 0 radical (unpaired) electrons. The first kappa shape index (κ1) is 12.4. The van der Waals surface area contributed by atoms with Gasteiger partial charge in [0.1, 0.15) is 0 Å². The summed E-state index contributed by atoms with van der Waals surface area (Å²) in [5.74, 6) is 0. The highest BCUT2D eigenvalue weighted by Crippen LogP contribution is 2.23. The van der Waals surface area contributed by atoms with Crippen molar-refractivity contribution in [1.82, 2.24) is 5.32 Å². The molecule has 1 unspecified atom stereocenters. The van der Waals surface area contributed by atoms with E-state index in [-0.39, 0.29) is 0 Å². The van der Waals surface area contributed by atoms with E-state index in [1.165, 1.54) is 35.1 Å². The molecule has 0 saturated heterocycles. The van der Waals surface area contributed by atoms with Gasteiger partial charge in [-0.1, -0.05) is 24.3 Å². The second-order valence-corrected chi connectivity index (χ2v) is 5.32. The van der Waals surface area contributed by atoms with Gasteiger partial charge < -0.3 is 5.32 Å². The van der Waals surface area contributed by atoms with Gasteiger partial charge in [-0.2, -0.15) is 0 Å². The van der Waals surface area contributed by atoms with E-state index >= 15 is 0 Å². The van der Waals surface area contributed by atoms with Crippen LogP contribution >= 0.6 is 0 Å². The van der Waals surface area contributed by atoms with Gasteiger partial charge in [-0.15, -0.1) is 0 Å². The molecule has 0 fully saturated rings. The summed E-state index contributed by atoms with van der Waals surface area (Å²) in [7, 11) is 0. The van der Waals surface area contributed by atoms with Gasteiger partial charge in [0.05, 0.1) is 0 Å². The molecule has 1 aromatic rings. The molecule has 0 bridgehead atoms. The number of rotatable bonds is 3. The van der Waals surface area contributed by atoms with Gasteiger partial charge in [-0.3, -0.25) is 0 Å². The highest BCUT2D eigenvalue weighted by Gasteiger charge is 2.15. The maximum atomic E-state index is 3.72. The Morgan fingerprint density at radius 3 is 2.24 bits per heavy atom. The number of hydrogen-bond acceptors (Lipinski definition) is 1. The van der Waals surface area contributed by atoms with Crippen molar-refractivity contribution in [2.24, 2.45) is 0 Å². The third kappa shape index (κ3) is 2.78. The molecular formula is C16H23N. The van der Waals surface area contributed by atoms with Crippen LogP contribution in [0.4, 0.5) is 0 Å². The Morgan fingerprint density at radius 2 is 1.59 bits per heavy atom. The lowest BCUT2D eigenvalue weighted by atomic mass is 9.96. The molecule has 1 atom stereocenters. The van der Waals surface area contributed by atoms with E-state index in [0.717, 1.165) is 0 Å². The molecule has 92 valence electrons. The van der Waals surface area contributed by atoms with Crippen LogP contribution in [0.25, 0.3) is 0 Å². The number of benzene rings is 1. The minimum atomic E-state index is 0.444. The first-order valence-corrected chi connectivity index (χ1v) is 6.56. The topological polar surface area (TPSA) is 12.0 Å². The average molecular weight is 229 g/mol. The van der Waals surface area contributed by atoms with Crippen LogP contribution in [0.3, 0.4) is 0 Å². The second kappa shape index (κ2) is 5.05. The Bertz CT molecular complexity index is 423. The fourth-order valence-electron chi connectivity index (χ4n) is 2.65. The van der Waals surface area contributed by atoms with Crippen molar-refractivity contribution in [3.8, 4) is 0 Å². The van der Waals surface area contributed by atoms with Crippen molar-refractivity contribution in [2.45, 2.75) is 52.6 Å². The molecule has 0 spiro atoms. The van der Waals surface area contributed by atoms with Crippen LogP contribution in [0, 0.1) is 20.8 Å². The molecule has 1 aliphatic carbocycles. The summed E-state index contributed by atoms with van der Waals surface area (Å²) in [5, 5.41) is 3.72. The molecule has 1 nitrogen and oxygen atoms in total. The molecule has 0 aromatic heterocycles. The molecule has 0 aliphatic heterocycles. The summed E-state index contributed by atoms with van der Waals surface area (Å²) < 4.78 is 0. The fourth-order valence-corrected chi connectivity index (χ4v) is 2.65. The quantitative estimate of drug-likeness (QED) is 0.773. The Labute approximate surface area is 105 Å². The smallest absolute Gasteiger partial charge is 0.0297 e. The van der Waals surface area contributed by atoms with Crippen molar-refractivity contribution in [3.63, 3.8) is 0 Å². The largest absolute Gasteiger partial charge is 0.307 e. The third-order valence-electron chi connectivity index (χ3n) is 3.84. The van der Waals surface area contributed by atoms with Gasteiger partial charge in [-0.05, 0) is 62.8 Å². The van der Waals surface area contributed by atoms with E-state index in [1.54, 1.807) is 0 Å². The molecule has 17 heavy (non-hydrogen) atoms. The summed E-state index contributed by atoms with van der Waals surface area (Å²) in [4.78, 5) is 0. The van der Waals surface area contributed by atoms with Crippen molar-refractivity contribution < 1.29 is 0 Å². The number of nitrogens with one attached hydrogen (secondary N) is 1. The molecule has 0 amide bonds. The lowest BCUT2D eigenvalue weighted by Gasteiger charge is -2.22. The SMILES string of the molecule is Cc1cc(C)c(C(C)NC2CC=CC2)cc1C. The van der Waals surface area contributed by atoms with Crippen LogP contribution in [-0.4, -0.2) is 6.04 Å². The highest BCUT2D eigenvalue weighted by molar-refractivity contribution is 5.38. The maximum absolute atomic E-state index is 3.72. The van der Waals surface area contributed by atoms with Crippen LogP contribution < -0.4 is 5.32 Å². The van der Waals surface area contributed by atoms with Gasteiger partial charge in [0.25, 0.3) is 0 Å². The van der Waals surface area contributed by atoms with E-state index in [1.807, 2.05) is 0 Å². The summed E-state index contributed by atoms with van der Waals surface area (Å²) in [6.07, 6.45) is 6.90. The van der Waals surface area contributed by atoms with E-state index in [4.69, 9.17) is 0 Å². The van der Waals surface area contributed by atoms with Crippen molar-refractivity contribution in [2.75, 3.05) is 0 Å². The van der Waals surface area contributed by atoms with E-state index in [2.05, 4.69) is 57.3 Å². The van der Waals surface area contributed by atoms with Gasteiger partial charge >= 0.3 is 0 Å². The van der Waals surface area contributed by atoms with Gasteiger partial charge in [0.15, 0.2) is 0 Å². The summed E-state index contributed by atoms with van der Waals surface area (Å²) >= 11 is 0. The van der Waals surface area contributed by atoms with Crippen LogP contribution in [0.15, 0.2) is 24.3 Å². The molecule has 2 rings (SSSR count). The zero-order chi connectivity index (χ0) is 12.4. The normalized spacial score (nSPS) is 17.6. The van der Waals surface area contributed by atoms with Crippen molar-refractivity contribution >= 4 is 0 Å². The maximum Gasteiger partial charge on any atom is 0.0297 e. The molecule has 0 heterocycles. The predicted molar refractivity (Wildman–Crippen MR) is 74.4 cm³/mol. The van der Waals surface area contributed by atoms with E-state index < -0.39 is 0 Å². The lowest BCUT2D eigenvalue weighted by molar-refractivity contribution is 0.470. The number of aryl methyl sites for hydroxylation is 3. The standard InChI is InChI=1S/C16H23N/c1-11-9-13(3)16(10-12(11)2)14(4)17-15-7-5-6-8-15/h5-6,9-10,14-15,17H,7-8H2,1-4H3. The monoisotopic (exact) mass is 229 g/mol. The second-order valence-electron chi connectivity index (χ2n) is 5.32. The molecular weight excluding hydrogens is 206 g/mol. The van der Waals surface area contributed by atoms with Crippen LogP contribution in [0.5, 0.6) is 0 Å². The Morgan fingerprint density at radius 1 is 1.00 bits per heavy atom. The molecule has 1 heteroatoms. The molecule has 1 aromatic carbocycles. The predicted octanol–water partition coefficient (Wildman–Crippen LogP) is 3.98. The van der Waals surface area contributed by atoms with E-state index in [9.17, 15) is 0 Å². The van der Waals surface area contributed by atoms with Crippen molar-refractivity contribution in [3.05, 3.63) is 46.5 Å². The van der Waals surface area contributed by atoms with Gasteiger partial charge in [-0.25, -0.2) is 0 Å². The zero-order valence-corrected chi connectivity index (χ0v) is 11.4. The Balaban J connectivity index is 2.12. The summed E-state index contributed by atoms with van der Waals surface area (Å²) in [6, 6.07) is 5.71. The highest BCUT2D eigenvalue weighted by atomic mass is 14.9. The fraction of sp³-hybridized carbons (Fsp3) is 0.500. The van der Waals surface area contributed by atoms with Crippen LogP contribution in [0.2, 0.25) is 0 Å². The minimum Gasteiger partial charge on any atom is -0.307 e. The third-order valence-corrected chi connectivity index (χ3v) is 3.84. The zero-order valence-electron chi connectivity index (χ0n) is 11.4. The van der Waals surface area contributed by atoms with Crippen molar-refractivity contribution in [1.29, 1.82) is 0 Å². The van der Waals surface area contributed by atoms with Gasteiger partial charge in [0, 0.05) is 12.1 Å². The van der Waals surface area contributed by atoms with E-state index in [0.29, 0.717) is 12.1 Å². The lowest BCUT2D eigenvalue weighted by Crippen LogP contribution is -2.29. The summed E-state index contributed by atoms with van der Waals surface area (Å²) in [6.45, 7) is 8.87. The Kier molecular flexibility index (Phi) is 3.68. The molecule has 1 N–H and O–H groups in total. The number of hydrogen-bond donors (Lipinski definition) is 1.